The van der Waals surface area contributed by atoms with E-state index in [4.69, 9.17) is 17.9 Å². The zero-order valence-corrected chi connectivity index (χ0v) is 45.3. The van der Waals surface area contributed by atoms with Gasteiger partial charge in [0.05, 0.1) is 1.37 Å². The molecule has 0 bridgehead atoms. The summed E-state index contributed by atoms with van der Waals surface area (Å²) in [5, 5.41) is 2.11. The van der Waals surface area contributed by atoms with Crippen LogP contribution in [0.25, 0.3) is 77.6 Å². The van der Waals surface area contributed by atoms with Crippen molar-refractivity contribution in [2.45, 2.75) is 53.3 Å². The van der Waals surface area contributed by atoms with E-state index in [1.165, 1.54) is 0 Å². The minimum atomic E-state index is -1.99. The number of ether oxygens (including phenoxy) is 1. The van der Waals surface area contributed by atoms with Gasteiger partial charge < -0.3 is 0 Å². The molecule has 9 aromatic carbocycles. The second kappa shape index (κ2) is 19.1. The van der Waals surface area contributed by atoms with Crippen molar-refractivity contribution in [3.05, 3.63) is 245 Å². The number of hydrogen-bond donors (Lipinski definition) is 0. The summed E-state index contributed by atoms with van der Waals surface area (Å²) in [7, 11) is 0. The fourth-order valence-corrected chi connectivity index (χ4v) is 11.9. The maximum atomic E-state index is 9.64. The third-order valence-electron chi connectivity index (χ3n) is 13.9. The van der Waals surface area contributed by atoms with Gasteiger partial charge in [0.2, 0.25) is 0 Å². The van der Waals surface area contributed by atoms with Crippen molar-refractivity contribution < 1.29 is 40.5 Å². The van der Waals surface area contributed by atoms with Crippen LogP contribution in [0.5, 0.6) is 11.6 Å². The van der Waals surface area contributed by atoms with Crippen LogP contribution in [0, 0.1) is 21.4 Å². The van der Waals surface area contributed by atoms with Crippen molar-refractivity contribution in [2.24, 2.45) is 5.41 Å². The molecule has 0 spiro atoms. The molecule has 0 fully saturated rings. The fourth-order valence-electron chi connectivity index (χ4n) is 10.8. The van der Waals surface area contributed by atoms with Crippen molar-refractivity contribution in [1.82, 2.24) is 18.6 Å². The van der Waals surface area contributed by atoms with Crippen molar-refractivity contribution in [2.75, 3.05) is 4.81 Å². The number of para-hydroxylation sites is 3. The molecule has 77 heavy (non-hydrogen) atoms. The summed E-state index contributed by atoms with van der Waals surface area (Å²) in [6, 6.07) is 52.3. The van der Waals surface area contributed by atoms with Crippen molar-refractivity contribution in [1.29, 1.82) is 0 Å². The zero-order valence-electron chi connectivity index (χ0n) is 55.0. The molecule has 1 aliphatic heterocycles. The molecule has 0 amide bonds. The van der Waals surface area contributed by atoms with E-state index in [0.29, 0.717) is 48.7 Å². The van der Waals surface area contributed by atoms with Gasteiger partial charge in [0, 0.05) is 5.52 Å². The normalized spacial score (nSPS) is 15.0. The van der Waals surface area contributed by atoms with Gasteiger partial charge in [-0.2, -0.15) is 12.1 Å². The van der Waals surface area contributed by atoms with Gasteiger partial charge >= 0.3 is 397 Å². The van der Waals surface area contributed by atoms with E-state index in [2.05, 4.69) is 71.1 Å². The van der Waals surface area contributed by atoms with Crippen molar-refractivity contribution >= 4 is 56.8 Å². The third-order valence-corrected chi connectivity index (χ3v) is 14.9. The Morgan fingerprint density at radius 2 is 1.26 bits per heavy atom. The molecule has 4 heterocycles. The van der Waals surface area contributed by atoms with E-state index < -0.39 is 84.6 Å². The number of benzene rings is 9. The van der Waals surface area contributed by atoms with Gasteiger partial charge in [0.15, 0.2) is 0 Å². The van der Waals surface area contributed by atoms with Crippen LogP contribution in [0.1, 0.15) is 69.1 Å². The second-order valence-electron chi connectivity index (χ2n) is 21.2. The molecule has 12 aromatic rings. The maximum absolute atomic E-state index is 9.64. The number of aromatic nitrogens is 4. The molecular weight excluding hydrogens is 1120 g/mol. The molecule has 0 aliphatic carbocycles. The predicted octanol–water partition coefficient (Wildman–Crippen LogP) is 16.7. The SMILES string of the molecule is [2H]c1c([2H])c([2H])c(-c2cc(C([2H])([2H])C(C)(C)C)cc(-c3ccccc3)c2-n2[c](=[Pt])n(-c3[c-]c(Oc4nc(N5B(c6ccccc6)n6c7ccccc7c7cc[c-]c5c76)cc(C(C)(C)C)c4-c4c([2H])c([2H])c([2H])c([2H])c4[2H])ccc3)c3ccccc32)c([2H])c1[2H]. The summed E-state index contributed by atoms with van der Waals surface area (Å²) in [5.74, 6) is 0.556. The molecule has 378 valence electrons. The molecule has 0 atom stereocenters. The van der Waals surface area contributed by atoms with Crippen LogP contribution in [0.15, 0.2) is 218 Å². The van der Waals surface area contributed by atoms with Gasteiger partial charge in [-0.05, 0) is 11.5 Å². The first-order chi connectivity index (χ1) is 42.3. The van der Waals surface area contributed by atoms with Gasteiger partial charge in [-0.15, -0.1) is 5.39 Å². The summed E-state index contributed by atoms with van der Waals surface area (Å²) < 4.78 is 124. The molecule has 0 N–H and O–H groups in total. The Morgan fingerprint density at radius 1 is 0.636 bits per heavy atom. The predicted molar refractivity (Wildman–Crippen MR) is 315 cm³/mol. The quantitative estimate of drug-likeness (QED) is 0.101. The molecule has 0 radical (unpaired) electrons. The molecule has 0 saturated heterocycles. The number of rotatable bonds is 10. The fraction of sp³-hybridized carbons (Fsp3) is 0.130. The summed E-state index contributed by atoms with van der Waals surface area (Å²) >= 11 is 2.22. The molecule has 6 nitrogen and oxygen atoms in total. The number of pyridine rings is 1. The Kier molecular flexibility index (Phi) is 9.10. The molecule has 1 aliphatic rings. The van der Waals surface area contributed by atoms with Crippen LogP contribution in [-0.2, 0) is 31.1 Å². The molecular formula is C69H56BN5OPt-2. The number of imidazole rings is 1. The number of hydrogen-bond acceptors (Lipinski definition) is 3. The number of anilines is 2. The van der Waals surface area contributed by atoms with E-state index in [-0.39, 0.29) is 39.4 Å². The standard InChI is InChI=1S/C69H56BN5O.Pt/c1-68(2,3)45-47-41-56(48-25-11-7-12-26-48)65(57(42-47)49-27-13-8-14-28-49)73-46-72(60-38-21-22-39-61(60)73)52-33-23-34-53(43-52)76-67-64(50-29-15-9-16-30-50)58(69(4,5)6)44-63(71-67)74-62-40-24-36-55-54-35-19-20-37-59(54)75(66(55)62)70(74)51-31-17-10-18-32-51;/h7-39,41-42,44H,45H2,1-6H3;/q-2;/i7D,9D,11D,12D,15D,16D,25D,26D,29D,30D,45D2;. The van der Waals surface area contributed by atoms with E-state index in [9.17, 15) is 8.22 Å². The Bertz CT molecular complexity index is 4940. The molecule has 0 saturated carbocycles. The van der Waals surface area contributed by atoms with Gasteiger partial charge in [-0.1, -0.05) is 48.5 Å². The van der Waals surface area contributed by atoms with Crippen LogP contribution >= 0.6 is 0 Å². The van der Waals surface area contributed by atoms with Crippen LogP contribution in [-0.4, -0.2) is 25.6 Å². The summed E-state index contributed by atoms with van der Waals surface area (Å²) in [4.78, 5) is 7.56. The Balaban J connectivity index is 1.07. The van der Waals surface area contributed by atoms with Crippen LogP contribution in [0.3, 0.4) is 0 Å². The van der Waals surface area contributed by atoms with Gasteiger partial charge in [0.1, 0.15) is 0 Å². The van der Waals surface area contributed by atoms with E-state index in [0.717, 1.165) is 33.0 Å². The van der Waals surface area contributed by atoms with Crippen molar-refractivity contribution in [3.63, 3.8) is 0 Å². The topological polar surface area (TPSA) is 40.1 Å². The number of fused-ring (bicyclic) bond motifs is 4. The first kappa shape index (κ1) is 36.7. The van der Waals surface area contributed by atoms with Gasteiger partial charge in [-0.3, -0.25) is 0 Å². The molecule has 0 unspecified atom stereocenters. The first-order valence-electron chi connectivity index (χ1n) is 31.4. The number of nitrogens with zero attached hydrogens (tertiary/aromatic N) is 5. The molecule has 3 aromatic heterocycles. The van der Waals surface area contributed by atoms with Gasteiger partial charge in [0.25, 0.3) is 0 Å². The molecule has 13 rings (SSSR count). The van der Waals surface area contributed by atoms with E-state index in [1.54, 1.807) is 45.0 Å². The minimum absolute atomic E-state index is 0.0481. The Labute approximate surface area is 478 Å². The average Bonchev–Trinajstić information content (AvgIpc) is 1.58. The average molecular weight is 1190 g/mol. The second-order valence-corrected chi connectivity index (χ2v) is 22.2. The Morgan fingerprint density at radius 3 is 1.95 bits per heavy atom. The van der Waals surface area contributed by atoms with Gasteiger partial charge in [-0.25, -0.2) is 0 Å². The summed E-state index contributed by atoms with van der Waals surface area (Å²) in [5.41, 5.74) is 6.45. The summed E-state index contributed by atoms with van der Waals surface area (Å²) in [6.45, 7) is 10.9. The Hall–Kier alpha value is -8.25. The molecule has 8 heteroatoms. The zero-order chi connectivity index (χ0) is 63.1. The van der Waals surface area contributed by atoms with Crippen LogP contribution < -0.4 is 15.0 Å². The van der Waals surface area contributed by atoms with Crippen LogP contribution in [0.2, 0.25) is 0 Å². The monoisotopic (exact) mass is 1190 g/mol. The van der Waals surface area contributed by atoms with Crippen molar-refractivity contribution in [3.8, 4) is 56.4 Å². The first-order valence-corrected chi connectivity index (χ1v) is 26.6. The van der Waals surface area contributed by atoms with E-state index in [1.807, 2.05) is 133 Å². The summed E-state index contributed by atoms with van der Waals surface area (Å²) in [6.07, 6.45) is -1.99. The van der Waals surface area contributed by atoms with E-state index >= 15 is 0 Å². The van der Waals surface area contributed by atoms with Crippen LogP contribution in [0.4, 0.5) is 11.5 Å². The third kappa shape index (κ3) is 8.58.